The molecule has 0 atom stereocenters. The van der Waals surface area contributed by atoms with Gasteiger partial charge in [0.15, 0.2) is 0 Å². The van der Waals surface area contributed by atoms with E-state index in [0.717, 1.165) is 33.5 Å². The number of pyridine rings is 1. The van der Waals surface area contributed by atoms with Crippen molar-refractivity contribution < 1.29 is 13.4 Å². The van der Waals surface area contributed by atoms with E-state index in [1.54, 1.807) is 0 Å². The zero-order chi connectivity index (χ0) is 22.7. The molecule has 0 N–H and O–H groups in total. The number of aromatic nitrogens is 1. The van der Waals surface area contributed by atoms with Crippen LogP contribution >= 0.6 is 0 Å². The molecule has 2 nitrogen and oxygen atoms in total. The van der Waals surface area contributed by atoms with Crippen LogP contribution in [0.3, 0.4) is 0 Å². The number of nitrogens with zero attached hydrogens (tertiary/aromatic N) is 1. The number of furan rings is 1. The van der Waals surface area contributed by atoms with Crippen molar-refractivity contribution in [2.75, 3.05) is 0 Å². The average molecular weight is 439 g/mol. The maximum Gasteiger partial charge on any atom is 0.216 e. The van der Waals surface area contributed by atoms with E-state index in [2.05, 4.69) is 61.9 Å². The van der Waals surface area contributed by atoms with E-state index in [4.69, 9.17) is 4.42 Å². The molecule has 1 fully saturated rings. The summed E-state index contributed by atoms with van der Waals surface area (Å²) >= 11 is 0. The molecule has 3 aromatic carbocycles. The smallest absolute Gasteiger partial charge is 0.216 e. The van der Waals surface area contributed by atoms with Gasteiger partial charge in [-0.25, -0.2) is 4.39 Å². The molecule has 0 spiro atoms. The van der Waals surface area contributed by atoms with E-state index < -0.39 is 0 Å². The van der Waals surface area contributed by atoms with Crippen molar-refractivity contribution in [2.24, 2.45) is 13.0 Å². The molecule has 1 aliphatic rings. The van der Waals surface area contributed by atoms with Crippen molar-refractivity contribution in [3.63, 3.8) is 0 Å². The maximum atomic E-state index is 13.9. The molecule has 1 aliphatic carbocycles. The Morgan fingerprint density at radius 3 is 2.58 bits per heavy atom. The average Bonchev–Trinajstić information content (AvgIpc) is 3.43. The molecule has 0 radical (unpaired) electrons. The largest absolute Gasteiger partial charge is 0.455 e. The van der Waals surface area contributed by atoms with Crippen LogP contribution in [0.4, 0.5) is 4.39 Å². The number of halogens is 1. The minimum atomic E-state index is -0.277. The predicted octanol–water partition coefficient (Wildman–Crippen LogP) is 7.72. The van der Waals surface area contributed by atoms with Crippen molar-refractivity contribution >= 4 is 32.8 Å². The fourth-order valence-corrected chi connectivity index (χ4v) is 5.80. The van der Waals surface area contributed by atoms with Gasteiger partial charge in [0, 0.05) is 34.4 Å². The zero-order valence-electron chi connectivity index (χ0n) is 19.5. The highest BCUT2D eigenvalue weighted by atomic mass is 19.1. The van der Waals surface area contributed by atoms with Crippen LogP contribution in [0.15, 0.2) is 59.0 Å². The van der Waals surface area contributed by atoms with Crippen LogP contribution in [0.1, 0.15) is 42.4 Å². The second-order valence-electron chi connectivity index (χ2n) is 9.84. The van der Waals surface area contributed by atoms with Gasteiger partial charge in [-0.2, -0.15) is 4.57 Å². The molecule has 0 unspecified atom stereocenters. The molecule has 0 bridgehead atoms. The van der Waals surface area contributed by atoms with Gasteiger partial charge in [-0.05, 0) is 73.2 Å². The molecular formula is C30H29FNO+. The van der Waals surface area contributed by atoms with Crippen LogP contribution in [0, 0.1) is 25.6 Å². The third kappa shape index (κ3) is 3.33. The summed E-state index contributed by atoms with van der Waals surface area (Å²) < 4.78 is 22.4. The molecular weight excluding hydrogens is 409 g/mol. The van der Waals surface area contributed by atoms with Gasteiger partial charge in [-0.15, -0.1) is 0 Å². The number of aryl methyl sites for hydroxylation is 2. The molecule has 33 heavy (non-hydrogen) atoms. The number of hydrogen-bond acceptors (Lipinski definition) is 1. The number of benzene rings is 3. The molecule has 166 valence electrons. The number of fused-ring (bicyclic) bond motifs is 4. The van der Waals surface area contributed by atoms with Crippen molar-refractivity contribution in [1.29, 1.82) is 0 Å². The maximum absolute atomic E-state index is 13.9. The molecule has 0 amide bonds. The Labute approximate surface area is 193 Å². The molecule has 1 saturated carbocycles. The topological polar surface area (TPSA) is 17.0 Å². The van der Waals surface area contributed by atoms with E-state index in [1.807, 2.05) is 6.07 Å². The van der Waals surface area contributed by atoms with Gasteiger partial charge in [0.2, 0.25) is 11.2 Å². The zero-order valence-corrected chi connectivity index (χ0v) is 19.5. The van der Waals surface area contributed by atoms with Crippen LogP contribution in [0.25, 0.3) is 44.1 Å². The lowest BCUT2D eigenvalue weighted by Crippen LogP contribution is -2.32. The highest BCUT2D eigenvalue weighted by molar-refractivity contribution is 6.10. The highest BCUT2D eigenvalue weighted by Crippen LogP contribution is 2.39. The second kappa shape index (κ2) is 7.69. The summed E-state index contributed by atoms with van der Waals surface area (Å²) in [5.74, 6) is 0.567. The lowest BCUT2D eigenvalue weighted by atomic mass is 9.95. The summed E-state index contributed by atoms with van der Waals surface area (Å²) in [6.45, 7) is 4.28. The molecule has 6 rings (SSSR count). The van der Waals surface area contributed by atoms with E-state index in [-0.39, 0.29) is 5.82 Å². The Morgan fingerprint density at radius 1 is 0.939 bits per heavy atom. The van der Waals surface area contributed by atoms with Crippen molar-refractivity contribution in [3.05, 3.63) is 77.1 Å². The molecule has 0 saturated heterocycles. The standard InChI is InChI=1S/C30H29FNO/c1-18-14-25-24-11-10-23(31)17-28(24)33-30(25)29(19(18)2)27-13-9-22-16-21(8-12-26(22)32(27)3)15-20-6-4-5-7-20/h8-14,16-17,20H,4-7,15H2,1-3H3/q+1. The first-order chi connectivity index (χ1) is 16.0. The Balaban J connectivity index is 1.53. The van der Waals surface area contributed by atoms with Gasteiger partial charge >= 0.3 is 0 Å². The molecule has 2 aromatic heterocycles. The molecule has 2 heterocycles. The molecule has 5 aromatic rings. The quantitative estimate of drug-likeness (QED) is 0.264. The van der Waals surface area contributed by atoms with Crippen molar-refractivity contribution in [1.82, 2.24) is 0 Å². The number of rotatable bonds is 3. The highest BCUT2D eigenvalue weighted by Gasteiger charge is 2.24. The van der Waals surface area contributed by atoms with E-state index in [9.17, 15) is 4.39 Å². The number of hydrogen-bond donors (Lipinski definition) is 0. The van der Waals surface area contributed by atoms with E-state index >= 15 is 0 Å². The van der Waals surface area contributed by atoms with Gasteiger partial charge in [0.25, 0.3) is 0 Å². The summed E-state index contributed by atoms with van der Waals surface area (Å²) in [6, 6.07) is 18.3. The van der Waals surface area contributed by atoms with Crippen LogP contribution in [-0.4, -0.2) is 0 Å². The van der Waals surface area contributed by atoms with Crippen molar-refractivity contribution in [2.45, 2.75) is 46.0 Å². The fourth-order valence-electron chi connectivity index (χ4n) is 5.80. The Hall–Kier alpha value is -3.20. The third-order valence-electron chi connectivity index (χ3n) is 7.74. The Bertz CT molecular complexity index is 1540. The molecule has 0 aliphatic heterocycles. The first kappa shape index (κ1) is 20.4. The van der Waals surface area contributed by atoms with Gasteiger partial charge in [0.1, 0.15) is 24.0 Å². The van der Waals surface area contributed by atoms with Gasteiger partial charge in [0.05, 0.1) is 5.56 Å². The minimum absolute atomic E-state index is 0.277. The van der Waals surface area contributed by atoms with Crippen molar-refractivity contribution in [3.8, 4) is 11.3 Å². The minimum Gasteiger partial charge on any atom is -0.455 e. The van der Waals surface area contributed by atoms with Crippen LogP contribution in [-0.2, 0) is 13.5 Å². The fraction of sp³-hybridized carbons (Fsp3) is 0.300. The predicted molar refractivity (Wildman–Crippen MR) is 133 cm³/mol. The van der Waals surface area contributed by atoms with Gasteiger partial charge in [-0.3, -0.25) is 0 Å². The normalized spacial score (nSPS) is 14.8. The lowest BCUT2D eigenvalue weighted by Gasteiger charge is -2.12. The summed E-state index contributed by atoms with van der Waals surface area (Å²) in [7, 11) is 2.13. The SMILES string of the molecule is Cc1cc2c(oc3cc(F)ccc32)c(-c2ccc3cc(CC4CCCC4)ccc3[n+]2C)c1C. The molecule has 3 heteroatoms. The van der Waals surface area contributed by atoms with Crippen LogP contribution in [0.2, 0.25) is 0 Å². The lowest BCUT2D eigenvalue weighted by molar-refractivity contribution is -0.633. The first-order valence-electron chi connectivity index (χ1n) is 12.0. The van der Waals surface area contributed by atoms with Gasteiger partial charge in [-0.1, -0.05) is 31.7 Å². The monoisotopic (exact) mass is 438 g/mol. The van der Waals surface area contributed by atoms with E-state index in [0.29, 0.717) is 5.58 Å². The summed E-state index contributed by atoms with van der Waals surface area (Å²) in [6.07, 6.45) is 6.70. The summed E-state index contributed by atoms with van der Waals surface area (Å²) in [5.41, 5.74) is 8.65. The first-order valence-corrected chi connectivity index (χ1v) is 12.0. The van der Waals surface area contributed by atoms with Gasteiger partial charge < -0.3 is 4.42 Å². The second-order valence-corrected chi connectivity index (χ2v) is 9.84. The summed E-state index contributed by atoms with van der Waals surface area (Å²) in [4.78, 5) is 0. The summed E-state index contributed by atoms with van der Waals surface area (Å²) in [5, 5.41) is 3.26. The Morgan fingerprint density at radius 2 is 1.76 bits per heavy atom. The van der Waals surface area contributed by atoms with Crippen LogP contribution < -0.4 is 4.57 Å². The third-order valence-corrected chi connectivity index (χ3v) is 7.74. The van der Waals surface area contributed by atoms with E-state index in [1.165, 1.54) is 71.8 Å². The Kier molecular flexibility index (Phi) is 4.76. The van der Waals surface area contributed by atoms with Crippen LogP contribution in [0.5, 0.6) is 0 Å².